The lowest BCUT2D eigenvalue weighted by Gasteiger charge is -2.12. The van der Waals surface area contributed by atoms with Gasteiger partial charge in [0.2, 0.25) is 0 Å². The van der Waals surface area contributed by atoms with Crippen LogP contribution in [0.3, 0.4) is 0 Å². The molecule has 0 saturated carbocycles. The topological polar surface area (TPSA) is 106 Å². The molecular formula is C23H20N4O3. The molecule has 30 heavy (non-hydrogen) atoms. The molecule has 0 fully saturated rings. The number of pyridine rings is 1. The normalized spacial score (nSPS) is 12.9. The largest absolute Gasteiger partial charge is 0.456 e. The van der Waals surface area contributed by atoms with E-state index in [9.17, 15) is 9.59 Å². The minimum absolute atomic E-state index is 0.197. The van der Waals surface area contributed by atoms with Crippen LogP contribution in [0.4, 0.5) is 5.69 Å². The molecule has 150 valence electrons. The quantitative estimate of drug-likeness (QED) is 0.589. The van der Waals surface area contributed by atoms with Crippen molar-refractivity contribution in [3.8, 4) is 11.5 Å². The number of hydrogen-bond acceptors (Lipinski definition) is 5. The van der Waals surface area contributed by atoms with E-state index in [-0.39, 0.29) is 11.5 Å². The fourth-order valence-electron chi connectivity index (χ4n) is 3.08. The average molecular weight is 400 g/mol. The van der Waals surface area contributed by atoms with Gasteiger partial charge >= 0.3 is 0 Å². The number of carbonyl (C=O) groups excluding carboxylic acids is 2. The zero-order chi connectivity index (χ0) is 20.9. The molecule has 4 N–H and O–H groups in total. The van der Waals surface area contributed by atoms with Crippen molar-refractivity contribution >= 4 is 23.1 Å². The fourth-order valence-corrected chi connectivity index (χ4v) is 3.08. The summed E-state index contributed by atoms with van der Waals surface area (Å²) in [5, 5.41) is 6.04. The number of nitrogens with one attached hydrogen (secondary N) is 2. The van der Waals surface area contributed by atoms with Crippen molar-refractivity contribution < 1.29 is 14.3 Å². The zero-order valence-corrected chi connectivity index (χ0v) is 16.1. The molecule has 0 aliphatic carbocycles. The maximum atomic E-state index is 12.3. The molecule has 7 heteroatoms. The third-order valence-electron chi connectivity index (χ3n) is 4.64. The summed E-state index contributed by atoms with van der Waals surface area (Å²) in [6.07, 6.45) is 3.47. The van der Waals surface area contributed by atoms with E-state index >= 15 is 0 Å². The summed E-state index contributed by atoms with van der Waals surface area (Å²) >= 11 is 0. The van der Waals surface area contributed by atoms with Crippen molar-refractivity contribution in [2.24, 2.45) is 5.73 Å². The van der Waals surface area contributed by atoms with Gasteiger partial charge in [0.05, 0.1) is 5.69 Å². The minimum Gasteiger partial charge on any atom is -0.456 e. The number of ether oxygens (including phenoxy) is 1. The second kappa shape index (κ2) is 8.59. The number of carbonyl (C=O) groups is 2. The smallest absolute Gasteiger partial charge is 0.255 e. The molecule has 0 bridgehead atoms. The van der Waals surface area contributed by atoms with Gasteiger partial charge in [-0.15, -0.1) is 0 Å². The van der Waals surface area contributed by atoms with Crippen molar-refractivity contribution in [2.75, 3.05) is 18.4 Å². The highest BCUT2D eigenvalue weighted by Gasteiger charge is 2.16. The lowest BCUT2D eigenvalue weighted by molar-refractivity contribution is 0.0995. The molecule has 7 nitrogen and oxygen atoms in total. The molecule has 1 aliphatic heterocycles. The predicted octanol–water partition coefficient (Wildman–Crippen LogP) is 3.21. The van der Waals surface area contributed by atoms with E-state index in [2.05, 4.69) is 15.6 Å². The molecule has 1 aromatic heterocycles. The first-order chi connectivity index (χ1) is 14.6. The second-order valence-corrected chi connectivity index (χ2v) is 6.74. The maximum absolute atomic E-state index is 12.3. The Labute approximate surface area is 173 Å². The Morgan fingerprint density at radius 1 is 1.07 bits per heavy atom. The lowest BCUT2D eigenvalue weighted by atomic mass is 10.1. The van der Waals surface area contributed by atoms with Crippen LogP contribution in [0.25, 0.3) is 5.57 Å². The van der Waals surface area contributed by atoms with Gasteiger partial charge < -0.3 is 21.1 Å². The van der Waals surface area contributed by atoms with E-state index in [1.165, 1.54) is 6.20 Å². The molecule has 4 rings (SSSR count). The van der Waals surface area contributed by atoms with Crippen LogP contribution in [0.1, 0.15) is 26.4 Å². The highest BCUT2D eigenvalue weighted by molar-refractivity contribution is 6.04. The molecule has 0 atom stereocenters. The lowest BCUT2D eigenvalue weighted by Crippen LogP contribution is -2.14. The van der Waals surface area contributed by atoms with E-state index in [0.717, 1.165) is 17.8 Å². The Kier molecular flexibility index (Phi) is 5.54. The van der Waals surface area contributed by atoms with Gasteiger partial charge in [0.1, 0.15) is 17.1 Å². The Morgan fingerprint density at radius 2 is 1.83 bits per heavy atom. The molecule has 0 saturated heterocycles. The van der Waals surface area contributed by atoms with Gasteiger partial charge in [-0.2, -0.15) is 0 Å². The number of primary amides is 1. The van der Waals surface area contributed by atoms with Crippen LogP contribution in [0.15, 0.2) is 72.9 Å². The van der Waals surface area contributed by atoms with Gasteiger partial charge in [-0.3, -0.25) is 14.6 Å². The van der Waals surface area contributed by atoms with Crippen LogP contribution in [-0.4, -0.2) is 29.9 Å². The maximum Gasteiger partial charge on any atom is 0.255 e. The van der Waals surface area contributed by atoms with E-state index in [4.69, 9.17) is 10.5 Å². The number of anilines is 1. The number of hydrogen-bond donors (Lipinski definition) is 3. The summed E-state index contributed by atoms with van der Waals surface area (Å²) in [7, 11) is 0. The first kappa shape index (κ1) is 19.4. The van der Waals surface area contributed by atoms with Crippen molar-refractivity contribution in [1.82, 2.24) is 10.3 Å². The Bertz CT molecular complexity index is 1110. The Morgan fingerprint density at radius 3 is 2.50 bits per heavy atom. The molecule has 0 radical (unpaired) electrons. The summed E-state index contributed by atoms with van der Waals surface area (Å²) in [6, 6.07) is 17.5. The van der Waals surface area contributed by atoms with E-state index in [1.54, 1.807) is 42.5 Å². The summed E-state index contributed by atoms with van der Waals surface area (Å²) < 4.78 is 5.91. The summed E-state index contributed by atoms with van der Waals surface area (Å²) in [6.45, 7) is 1.49. The first-order valence-corrected chi connectivity index (χ1v) is 9.44. The third-order valence-corrected chi connectivity index (χ3v) is 4.64. The van der Waals surface area contributed by atoms with Gasteiger partial charge in [0.25, 0.3) is 11.8 Å². The highest BCUT2D eigenvalue weighted by Crippen LogP contribution is 2.29. The fraction of sp³-hybridized carbons (Fsp3) is 0.0870. The summed E-state index contributed by atoms with van der Waals surface area (Å²) in [5.41, 5.74) is 8.64. The number of amides is 2. The third kappa shape index (κ3) is 4.37. The second-order valence-electron chi connectivity index (χ2n) is 6.74. The van der Waals surface area contributed by atoms with Gasteiger partial charge in [-0.25, -0.2) is 0 Å². The molecule has 2 aromatic carbocycles. The van der Waals surface area contributed by atoms with Crippen molar-refractivity contribution in [3.05, 3.63) is 89.8 Å². The number of nitrogens with zero attached hydrogens (tertiary/aromatic N) is 1. The molecule has 2 heterocycles. The Hall–Kier alpha value is -3.97. The zero-order valence-electron chi connectivity index (χ0n) is 16.1. The van der Waals surface area contributed by atoms with Gasteiger partial charge in [-0.05, 0) is 42.0 Å². The summed E-state index contributed by atoms with van der Waals surface area (Å²) in [5.74, 6) is 0.0269. The van der Waals surface area contributed by atoms with E-state index in [1.807, 2.05) is 24.3 Å². The van der Waals surface area contributed by atoms with Gasteiger partial charge in [0, 0.05) is 36.6 Å². The molecule has 1 aliphatic rings. The number of nitrogens with two attached hydrogens (primary N) is 1. The number of rotatable bonds is 6. The number of benzene rings is 2. The van der Waals surface area contributed by atoms with Crippen LogP contribution < -0.4 is 21.1 Å². The predicted molar refractivity (Wildman–Crippen MR) is 115 cm³/mol. The monoisotopic (exact) mass is 400 g/mol. The van der Waals surface area contributed by atoms with Crippen LogP contribution in [0.5, 0.6) is 11.5 Å². The van der Waals surface area contributed by atoms with Crippen LogP contribution in [0.2, 0.25) is 0 Å². The minimum atomic E-state index is -0.616. The van der Waals surface area contributed by atoms with Gasteiger partial charge in [0.15, 0.2) is 0 Å². The van der Waals surface area contributed by atoms with E-state index < -0.39 is 5.91 Å². The van der Waals surface area contributed by atoms with Crippen LogP contribution in [0, 0.1) is 0 Å². The average Bonchev–Trinajstić information content (AvgIpc) is 3.30. The Balaban J connectivity index is 1.52. The van der Waals surface area contributed by atoms with Gasteiger partial charge in [-0.1, -0.05) is 24.3 Å². The standard InChI is InChI=1S/C23H20N4O3/c24-22(28)19-14-26-20(16-10-11-25-13-16)12-21(19)30-18-8-6-17(7-9-18)27-23(29)15-4-2-1-3-5-15/h1-10,12,14,25H,11,13H2,(H2,24,28)(H,27,29). The summed E-state index contributed by atoms with van der Waals surface area (Å²) in [4.78, 5) is 28.4. The van der Waals surface area contributed by atoms with E-state index in [0.29, 0.717) is 29.3 Å². The molecule has 2 amide bonds. The molecular weight excluding hydrogens is 380 g/mol. The molecule has 0 spiro atoms. The molecule has 0 unspecified atom stereocenters. The van der Waals surface area contributed by atoms with Crippen molar-refractivity contribution in [3.63, 3.8) is 0 Å². The first-order valence-electron chi connectivity index (χ1n) is 9.44. The van der Waals surface area contributed by atoms with Crippen LogP contribution >= 0.6 is 0 Å². The SMILES string of the molecule is NC(=O)c1cnc(C2=CCNC2)cc1Oc1ccc(NC(=O)c2ccccc2)cc1. The van der Waals surface area contributed by atoms with Crippen molar-refractivity contribution in [2.45, 2.75) is 0 Å². The van der Waals surface area contributed by atoms with Crippen molar-refractivity contribution in [1.29, 1.82) is 0 Å². The number of aromatic nitrogens is 1. The van der Waals surface area contributed by atoms with Crippen LogP contribution in [-0.2, 0) is 0 Å². The highest BCUT2D eigenvalue weighted by atomic mass is 16.5. The molecule has 3 aromatic rings.